The van der Waals surface area contributed by atoms with Crippen molar-refractivity contribution in [1.82, 2.24) is 0 Å². The Kier molecular flexibility index (Phi) is 38.9. The molecule has 0 aliphatic carbocycles. The summed E-state index contributed by atoms with van der Waals surface area (Å²) in [6.45, 7) is 8.74. The van der Waals surface area contributed by atoms with Crippen molar-refractivity contribution in [2.45, 2.75) is 219 Å². The lowest BCUT2D eigenvalue weighted by Gasteiger charge is -2.29. The molecule has 0 aliphatic heterocycles. The zero-order chi connectivity index (χ0) is 39.9. The maximum atomic E-state index is 12.8. The maximum Gasteiger partial charge on any atom is 0.472 e. The van der Waals surface area contributed by atoms with Gasteiger partial charge in [-0.1, -0.05) is 161 Å². The van der Waals surface area contributed by atoms with Crippen LogP contribution in [0.3, 0.4) is 0 Å². The lowest BCUT2D eigenvalue weighted by Crippen LogP contribution is -2.42. The highest BCUT2D eigenvalue weighted by molar-refractivity contribution is 7.47. The molecule has 0 heterocycles. The molecule has 54 heavy (non-hydrogen) atoms. The number of nitrogens with zero attached hydrogens (tertiary/aromatic N) is 1. The van der Waals surface area contributed by atoms with E-state index in [0.29, 0.717) is 37.3 Å². The minimum atomic E-state index is -4.22. The third-order valence-electron chi connectivity index (χ3n) is 10.0. The highest BCUT2D eigenvalue weighted by Crippen LogP contribution is 2.45. The molecule has 0 aromatic heterocycles. The van der Waals surface area contributed by atoms with Crippen LogP contribution in [0.4, 0.5) is 0 Å². The molecule has 0 radical (unpaired) electrons. The number of rotatable bonds is 43. The van der Waals surface area contributed by atoms with Gasteiger partial charge in [0.1, 0.15) is 18.8 Å². The van der Waals surface area contributed by atoms with Gasteiger partial charge in [0.25, 0.3) is 0 Å². The lowest BCUT2D eigenvalue weighted by molar-refractivity contribution is -0.873. The number of hydrogen-bond donors (Lipinski definition) is 1. The Morgan fingerprint density at radius 1 is 0.519 bits per heavy atom. The number of ether oxygens (including phenoxy) is 2. The first-order valence-electron chi connectivity index (χ1n) is 23.1. The van der Waals surface area contributed by atoms with E-state index >= 15 is 0 Å². The van der Waals surface area contributed by atoms with Gasteiger partial charge in [0, 0.05) is 13.2 Å². The van der Waals surface area contributed by atoms with Gasteiger partial charge in [0.2, 0.25) is 0 Å². The Labute approximate surface area is 337 Å². The number of likely N-dealkylation sites (N-methyl/N-ethyl adjacent to an activating group) is 1. The smallest absolute Gasteiger partial charge is 0.379 e. The second-order valence-corrected chi connectivity index (χ2v) is 18.2. The molecule has 0 aromatic carbocycles. The number of hydrogen-bond acceptors (Lipinski definition) is 5. The first kappa shape index (κ1) is 53.5. The summed E-state index contributed by atoms with van der Waals surface area (Å²) in [4.78, 5) is 10.5. The number of phosphoric acid groups is 1. The van der Waals surface area contributed by atoms with Gasteiger partial charge >= 0.3 is 7.82 Å². The SMILES string of the molecule is CCCCCCCCC=CCCCCCCCCOC[C@H](COP(=O)(O)OC(CC)C[N+](C)(C)C)OCCCCCCCCC=CCCCCCCCC. The van der Waals surface area contributed by atoms with Gasteiger partial charge in [-0.25, -0.2) is 4.57 Å². The quantitative estimate of drug-likeness (QED) is 0.0287. The van der Waals surface area contributed by atoms with Crippen LogP contribution in [0.25, 0.3) is 0 Å². The van der Waals surface area contributed by atoms with Crippen LogP contribution >= 0.6 is 7.82 Å². The fourth-order valence-corrected chi connectivity index (χ4v) is 7.66. The second-order valence-electron chi connectivity index (χ2n) is 16.8. The molecule has 0 rings (SSSR count). The number of allylic oxidation sites excluding steroid dienone is 4. The Bertz CT molecular complexity index is 876. The molecule has 0 fully saturated rings. The summed E-state index contributed by atoms with van der Waals surface area (Å²) in [6.07, 6.45) is 45.1. The largest absolute Gasteiger partial charge is 0.472 e. The van der Waals surface area contributed by atoms with Crippen LogP contribution in [0.15, 0.2) is 24.3 Å². The molecule has 0 aliphatic rings. The third-order valence-corrected chi connectivity index (χ3v) is 11.1. The highest BCUT2D eigenvalue weighted by Gasteiger charge is 2.30. The normalized spacial score (nSPS) is 14.7. The van der Waals surface area contributed by atoms with E-state index in [1.807, 2.05) is 28.1 Å². The monoisotopic (exact) mass is 787 g/mol. The molecule has 0 spiro atoms. The second kappa shape index (κ2) is 39.3. The fourth-order valence-electron chi connectivity index (χ4n) is 6.65. The molecule has 0 saturated heterocycles. The minimum Gasteiger partial charge on any atom is -0.379 e. The van der Waals surface area contributed by atoms with Crippen molar-refractivity contribution in [2.24, 2.45) is 0 Å². The van der Waals surface area contributed by atoms with Gasteiger partial charge in [-0.2, -0.15) is 0 Å². The van der Waals surface area contributed by atoms with Crippen LogP contribution in [0, 0.1) is 0 Å². The van der Waals surface area contributed by atoms with Gasteiger partial charge in [-0.3, -0.25) is 9.05 Å². The van der Waals surface area contributed by atoms with Crippen molar-refractivity contribution in [1.29, 1.82) is 0 Å². The summed E-state index contributed by atoms with van der Waals surface area (Å²) in [5.41, 5.74) is 0. The molecule has 0 aromatic rings. The predicted molar refractivity (Wildman–Crippen MR) is 233 cm³/mol. The molecular weight excluding hydrogens is 693 g/mol. The molecule has 0 bridgehead atoms. The molecule has 1 N–H and O–H groups in total. The first-order chi connectivity index (χ1) is 26.1. The number of phosphoric ester groups is 1. The Hall–Kier alpha value is -0.530. The zero-order valence-corrected chi connectivity index (χ0v) is 37.8. The van der Waals surface area contributed by atoms with Crippen LogP contribution < -0.4 is 0 Å². The third kappa shape index (κ3) is 41.1. The van der Waals surface area contributed by atoms with Gasteiger partial charge in [-0.15, -0.1) is 0 Å². The predicted octanol–water partition coefficient (Wildman–Crippen LogP) is 14.1. The molecule has 7 nitrogen and oxygen atoms in total. The van der Waals surface area contributed by atoms with Crippen molar-refractivity contribution in [3.63, 3.8) is 0 Å². The van der Waals surface area contributed by atoms with Crippen LogP contribution in [-0.2, 0) is 23.1 Å². The van der Waals surface area contributed by atoms with Crippen LogP contribution in [0.5, 0.6) is 0 Å². The van der Waals surface area contributed by atoms with Crippen LogP contribution in [0.2, 0.25) is 0 Å². The molecule has 0 amide bonds. The summed E-state index contributed by atoms with van der Waals surface area (Å²) in [7, 11) is 1.92. The van der Waals surface area contributed by atoms with E-state index in [9.17, 15) is 9.46 Å². The van der Waals surface area contributed by atoms with Gasteiger partial charge in [0.05, 0.1) is 34.4 Å². The van der Waals surface area contributed by atoms with Crippen molar-refractivity contribution in [3.8, 4) is 0 Å². The van der Waals surface area contributed by atoms with Crippen molar-refractivity contribution >= 4 is 7.82 Å². The van der Waals surface area contributed by atoms with Gasteiger partial charge in [0.15, 0.2) is 0 Å². The summed E-state index contributed by atoms with van der Waals surface area (Å²) in [5, 5.41) is 0. The molecule has 2 unspecified atom stereocenters. The fraction of sp³-hybridized carbons (Fsp3) is 0.913. The van der Waals surface area contributed by atoms with E-state index in [0.717, 1.165) is 25.7 Å². The Morgan fingerprint density at radius 2 is 0.907 bits per heavy atom. The summed E-state index contributed by atoms with van der Waals surface area (Å²) in [5.74, 6) is 0. The standard InChI is InChI=1S/C46H92NO6P/c1-7-10-12-14-16-18-20-22-24-26-28-30-32-34-36-38-40-50-43-46(44-52-54(48,49)53-45(9-3)42-47(4,5)6)51-41-39-37-35-33-31-29-27-25-23-21-19-17-15-13-11-8-2/h22-25,45-46H,7-21,26-44H2,1-6H3/p+1/t45?,46-/m1/s1. The van der Waals surface area contributed by atoms with Crippen LogP contribution in [-0.4, -0.2) is 75.7 Å². The van der Waals surface area contributed by atoms with Gasteiger partial charge < -0.3 is 18.9 Å². The molecule has 8 heteroatoms. The number of unbranched alkanes of at least 4 members (excludes halogenated alkanes) is 24. The Morgan fingerprint density at radius 3 is 1.31 bits per heavy atom. The molecule has 0 saturated carbocycles. The minimum absolute atomic E-state index is 0.0195. The molecule has 3 atom stereocenters. The summed E-state index contributed by atoms with van der Waals surface area (Å²) in [6, 6.07) is 0. The summed E-state index contributed by atoms with van der Waals surface area (Å²) >= 11 is 0. The van der Waals surface area contributed by atoms with Crippen molar-refractivity contribution in [3.05, 3.63) is 24.3 Å². The van der Waals surface area contributed by atoms with E-state index < -0.39 is 13.9 Å². The van der Waals surface area contributed by atoms with Gasteiger partial charge in [-0.05, 0) is 70.6 Å². The van der Waals surface area contributed by atoms with Crippen molar-refractivity contribution in [2.75, 3.05) is 54.1 Å². The molecule has 322 valence electrons. The van der Waals surface area contributed by atoms with E-state index in [1.165, 1.54) is 154 Å². The zero-order valence-electron chi connectivity index (χ0n) is 36.9. The average Bonchev–Trinajstić information content (AvgIpc) is 3.13. The van der Waals surface area contributed by atoms with E-state index in [1.54, 1.807) is 0 Å². The van der Waals surface area contributed by atoms with Crippen molar-refractivity contribution < 1.29 is 32.5 Å². The Balaban J connectivity index is 4.28. The maximum absolute atomic E-state index is 12.8. The first-order valence-corrected chi connectivity index (χ1v) is 24.6. The van der Waals surface area contributed by atoms with E-state index in [4.69, 9.17) is 18.5 Å². The number of quaternary nitrogens is 1. The average molecular weight is 787 g/mol. The lowest BCUT2D eigenvalue weighted by atomic mass is 10.1. The van der Waals surface area contributed by atoms with Crippen LogP contribution in [0.1, 0.15) is 207 Å². The van der Waals surface area contributed by atoms with E-state index in [-0.39, 0.29) is 12.7 Å². The topological polar surface area (TPSA) is 74.2 Å². The summed E-state index contributed by atoms with van der Waals surface area (Å²) < 4.78 is 36.7. The molecular formula is C46H93NO6P+. The highest BCUT2D eigenvalue weighted by atomic mass is 31.2. The van der Waals surface area contributed by atoms with E-state index in [2.05, 4.69) is 38.2 Å².